The summed E-state index contributed by atoms with van der Waals surface area (Å²) in [5.41, 5.74) is 8.21. The van der Waals surface area contributed by atoms with Gasteiger partial charge in [0, 0.05) is 24.6 Å². The number of nitrogens with zero attached hydrogens (tertiary/aromatic N) is 3. The SMILES string of the molecule is COc1ccc(NC(N)=NCc2nccn2CCCc2ccccc2)cc1.I. The molecule has 0 bridgehead atoms. The van der Waals surface area contributed by atoms with Gasteiger partial charge in [-0.2, -0.15) is 0 Å². The van der Waals surface area contributed by atoms with Gasteiger partial charge in [0.25, 0.3) is 0 Å². The number of imidazole rings is 1. The van der Waals surface area contributed by atoms with Crippen LogP contribution in [0, 0.1) is 0 Å². The zero-order valence-corrected chi connectivity index (χ0v) is 18.2. The minimum absolute atomic E-state index is 0. The number of hydrogen-bond donors (Lipinski definition) is 2. The Morgan fingerprint density at radius 2 is 1.89 bits per heavy atom. The van der Waals surface area contributed by atoms with Crippen LogP contribution >= 0.6 is 24.0 Å². The summed E-state index contributed by atoms with van der Waals surface area (Å²) in [6, 6.07) is 18.0. The molecule has 3 N–H and O–H groups in total. The lowest BCUT2D eigenvalue weighted by Crippen LogP contribution is -2.22. The van der Waals surface area contributed by atoms with E-state index in [0.717, 1.165) is 36.6 Å². The molecule has 1 heterocycles. The van der Waals surface area contributed by atoms with Crippen molar-refractivity contribution >= 4 is 35.6 Å². The molecule has 0 saturated heterocycles. The van der Waals surface area contributed by atoms with Crippen LogP contribution in [-0.2, 0) is 19.5 Å². The summed E-state index contributed by atoms with van der Waals surface area (Å²) in [5, 5.41) is 3.07. The maximum Gasteiger partial charge on any atom is 0.193 e. The van der Waals surface area contributed by atoms with Crippen LogP contribution in [0.3, 0.4) is 0 Å². The highest BCUT2D eigenvalue weighted by Gasteiger charge is 2.03. The molecule has 0 amide bonds. The molecule has 3 rings (SSSR count). The topological polar surface area (TPSA) is 77.5 Å². The summed E-state index contributed by atoms with van der Waals surface area (Å²) in [7, 11) is 1.64. The van der Waals surface area contributed by atoms with Crippen molar-refractivity contribution in [2.75, 3.05) is 12.4 Å². The van der Waals surface area contributed by atoms with Crippen molar-refractivity contribution in [1.82, 2.24) is 9.55 Å². The minimum atomic E-state index is 0. The van der Waals surface area contributed by atoms with Crippen LogP contribution in [0.2, 0.25) is 0 Å². The maximum absolute atomic E-state index is 5.99. The van der Waals surface area contributed by atoms with Gasteiger partial charge in [-0.3, -0.25) is 0 Å². The number of anilines is 1. The van der Waals surface area contributed by atoms with E-state index in [0.29, 0.717) is 12.5 Å². The predicted molar refractivity (Wildman–Crippen MR) is 124 cm³/mol. The number of hydrogen-bond acceptors (Lipinski definition) is 3. The molecule has 0 unspecified atom stereocenters. The fraction of sp³-hybridized carbons (Fsp3) is 0.238. The van der Waals surface area contributed by atoms with Crippen molar-refractivity contribution in [3.63, 3.8) is 0 Å². The van der Waals surface area contributed by atoms with Gasteiger partial charge in [-0.25, -0.2) is 9.98 Å². The summed E-state index contributed by atoms with van der Waals surface area (Å²) in [5.74, 6) is 2.06. The van der Waals surface area contributed by atoms with E-state index in [-0.39, 0.29) is 24.0 Å². The molecule has 6 nitrogen and oxygen atoms in total. The number of nitrogens with two attached hydrogens (primary N) is 1. The summed E-state index contributed by atoms with van der Waals surface area (Å²) < 4.78 is 7.28. The first-order valence-corrected chi connectivity index (χ1v) is 8.99. The molecule has 3 aromatic rings. The highest BCUT2D eigenvalue weighted by molar-refractivity contribution is 14.0. The largest absolute Gasteiger partial charge is 0.497 e. The van der Waals surface area contributed by atoms with Crippen LogP contribution in [0.5, 0.6) is 5.75 Å². The van der Waals surface area contributed by atoms with Gasteiger partial charge in [0.05, 0.1) is 7.11 Å². The molecular weight excluding hydrogens is 465 g/mol. The number of methoxy groups -OCH3 is 1. The number of benzene rings is 2. The fourth-order valence-electron chi connectivity index (χ4n) is 2.81. The Labute approximate surface area is 182 Å². The fourth-order valence-corrected chi connectivity index (χ4v) is 2.81. The molecule has 0 fully saturated rings. The van der Waals surface area contributed by atoms with Gasteiger partial charge in [-0.1, -0.05) is 30.3 Å². The smallest absolute Gasteiger partial charge is 0.193 e. The monoisotopic (exact) mass is 491 g/mol. The first-order valence-electron chi connectivity index (χ1n) is 8.99. The minimum Gasteiger partial charge on any atom is -0.497 e. The molecule has 7 heteroatoms. The van der Waals surface area contributed by atoms with Gasteiger partial charge >= 0.3 is 0 Å². The van der Waals surface area contributed by atoms with Crippen LogP contribution in [-0.4, -0.2) is 22.6 Å². The van der Waals surface area contributed by atoms with Gasteiger partial charge in [-0.15, -0.1) is 24.0 Å². The molecule has 1 aromatic heterocycles. The quantitative estimate of drug-likeness (QED) is 0.283. The van der Waals surface area contributed by atoms with Crippen LogP contribution in [0.4, 0.5) is 5.69 Å². The summed E-state index contributed by atoms with van der Waals surface area (Å²) >= 11 is 0. The molecule has 0 radical (unpaired) electrons. The van der Waals surface area contributed by atoms with E-state index in [4.69, 9.17) is 10.5 Å². The van der Waals surface area contributed by atoms with E-state index in [1.54, 1.807) is 13.3 Å². The number of guanidine groups is 1. The Morgan fingerprint density at radius 1 is 1.14 bits per heavy atom. The lowest BCUT2D eigenvalue weighted by atomic mass is 10.1. The highest BCUT2D eigenvalue weighted by Crippen LogP contribution is 2.14. The summed E-state index contributed by atoms with van der Waals surface area (Å²) in [4.78, 5) is 8.80. The Hall–Kier alpha value is -2.55. The number of ether oxygens (including phenoxy) is 1. The van der Waals surface area contributed by atoms with Crippen LogP contribution in [0.1, 0.15) is 17.8 Å². The first-order chi connectivity index (χ1) is 13.2. The number of halogens is 1. The average molecular weight is 491 g/mol. The molecule has 0 atom stereocenters. The van der Waals surface area contributed by atoms with Gasteiger partial charge in [0.1, 0.15) is 18.1 Å². The van der Waals surface area contributed by atoms with Crippen LogP contribution in [0.25, 0.3) is 0 Å². The van der Waals surface area contributed by atoms with Crippen molar-refractivity contribution in [2.45, 2.75) is 25.9 Å². The standard InChI is InChI=1S/C21H25N5O.HI/c1-27-19-11-9-18(10-12-19)25-21(22)24-16-20-23-13-15-26(20)14-5-8-17-6-3-2-4-7-17;/h2-4,6-7,9-13,15H,5,8,14,16H2,1H3,(H3,22,24,25);1H. The van der Waals surface area contributed by atoms with E-state index in [9.17, 15) is 0 Å². The van der Waals surface area contributed by atoms with Crippen molar-refractivity contribution in [3.8, 4) is 5.75 Å². The van der Waals surface area contributed by atoms with Gasteiger partial charge in [-0.05, 0) is 42.7 Å². The second-order valence-corrected chi connectivity index (χ2v) is 6.18. The van der Waals surface area contributed by atoms with Crippen molar-refractivity contribution in [1.29, 1.82) is 0 Å². The third-order valence-corrected chi connectivity index (χ3v) is 4.26. The number of aryl methyl sites for hydroxylation is 2. The van der Waals surface area contributed by atoms with E-state index in [2.05, 4.69) is 44.1 Å². The van der Waals surface area contributed by atoms with Crippen LogP contribution in [0.15, 0.2) is 72.0 Å². The number of aromatic nitrogens is 2. The molecule has 0 aliphatic heterocycles. The number of rotatable bonds is 8. The Kier molecular flexibility index (Phi) is 8.80. The molecular formula is C21H26IN5O. The lowest BCUT2D eigenvalue weighted by Gasteiger charge is -2.08. The third kappa shape index (κ3) is 6.56. The molecule has 2 aromatic carbocycles. The molecule has 0 saturated carbocycles. The van der Waals surface area contributed by atoms with Gasteiger partial charge in [0.15, 0.2) is 5.96 Å². The molecule has 0 aliphatic rings. The summed E-state index contributed by atoms with van der Waals surface area (Å²) in [6.45, 7) is 1.35. The summed E-state index contributed by atoms with van der Waals surface area (Å²) in [6.07, 6.45) is 5.89. The normalized spacial score (nSPS) is 11.0. The molecule has 28 heavy (non-hydrogen) atoms. The van der Waals surface area contributed by atoms with Crippen molar-refractivity contribution in [3.05, 3.63) is 78.4 Å². The van der Waals surface area contributed by atoms with E-state index in [1.165, 1.54) is 5.56 Å². The van der Waals surface area contributed by atoms with E-state index >= 15 is 0 Å². The maximum atomic E-state index is 5.99. The third-order valence-electron chi connectivity index (χ3n) is 4.26. The zero-order valence-electron chi connectivity index (χ0n) is 15.9. The second-order valence-electron chi connectivity index (χ2n) is 6.18. The molecule has 148 valence electrons. The van der Waals surface area contributed by atoms with Crippen molar-refractivity contribution < 1.29 is 4.74 Å². The highest BCUT2D eigenvalue weighted by atomic mass is 127. The molecule has 0 aliphatic carbocycles. The number of nitrogens with one attached hydrogen (secondary N) is 1. The predicted octanol–water partition coefficient (Wildman–Crippen LogP) is 4.07. The average Bonchev–Trinajstić information content (AvgIpc) is 3.15. The van der Waals surface area contributed by atoms with Crippen LogP contribution < -0.4 is 15.8 Å². The Balaban J connectivity index is 0.00000280. The van der Waals surface area contributed by atoms with E-state index < -0.39 is 0 Å². The molecule has 0 spiro atoms. The van der Waals surface area contributed by atoms with E-state index in [1.807, 2.05) is 36.5 Å². The Morgan fingerprint density at radius 3 is 2.61 bits per heavy atom. The van der Waals surface area contributed by atoms with Gasteiger partial charge in [0.2, 0.25) is 0 Å². The number of aliphatic imine (C=N–C) groups is 1. The van der Waals surface area contributed by atoms with Crippen molar-refractivity contribution in [2.24, 2.45) is 10.7 Å². The first kappa shape index (κ1) is 21.7. The Bertz CT molecular complexity index is 862. The van der Waals surface area contributed by atoms with Gasteiger partial charge < -0.3 is 20.4 Å². The zero-order chi connectivity index (χ0) is 18.9. The lowest BCUT2D eigenvalue weighted by molar-refractivity contribution is 0.415. The second kappa shape index (κ2) is 11.3.